The third-order valence-corrected chi connectivity index (χ3v) is 6.64. The topological polar surface area (TPSA) is 73.0 Å². The Morgan fingerprint density at radius 3 is 2.50 bits per heavy atom. The fourth-order valence-corrected chi connectivity index (χ4v) is 4.72. The molecule has 0 radical (unpaired) electrons. The van der Waals surface area contributed by atoms with Crippen molar-refractivity contribution in [2.24, 2.45) is 0 Å². The number of sulfonamides is 1. The highest BCUT2D eigenvalue weighted by Crippen LogP contribution is 2.25. The lowest BCUT2D eigenvalue weighted by Crippen LogP contribution is -2.43. The SMILES string of the molecule is CN1[C@@H](CC(=O)N2CCCN(c3ccccc3)CC2)CC[C@H]1CNS(C)(=O)=O. The molecule has 2 heterocycles. The second kappa shape index (κ2) is 9.24. The van der Waals surface area contributed by atoms with Gasteiger partial charge >= 0.3 is 0 Å². The van der Waals surface area contributed by atoms with Gasteiger partial charge in [0.25, 0.3) is 0 Å². The molecule has 3 rings (SSSR count). The van der Waals surface area contributed by atoms with Crippen molar-refractivity contribution in [2.75, 3.05) is 50.9 Å². The van der Waals surface area contributed by atoms with E-state index >= 15 is 0 Å². The molecular weight excluding hydrogens is 376 g/mol. The van der Waals surface area contributed by atoms with E-state index < -0.39 is 10.0 Å². The molecule has 1 N–H and O–H groups in total. The Balaban J connectivity index is 1.49. The largest absolute Gasteiger partial charge is 0.370 e. The summed E-state index contributed by atoms with van der Waals surface area (Å²) in [6.07, 6.45) is 4.52. The van der Waals surface area contributed by atoms with E-state index in [1.807, 2.05) is 30.1 Å². The van der Waals surface area contributed by atoms with Crippen molar-refractivity contribution in [1.29, 1.82) is 0 Å². The fourth-order valence-electron chi connectivity index (χ4n) is 4.22. The molecule has 0 saturated carbocycles. The first-order valence-corrected chi connectivity index (χ1v) is 12.0. The smallest absolute Gasteiger partial charge is 0.224 e. The molecule has 2 aliphatic heterocycles. The molecule has 1 aromatic carbocycles. The first kappa shape index (κ1) is 21.1. The lowest BCUT2D eigenvalue weighted by molar-refractivity contribution is -0.132. The van der Waals surface area contributed by atoms with E-state index in [1.165, 1.54) is 11.9 Å². The molecule has 2 aliphatic rings. The highest BCUT2D eigenvalue weighted by atomic mass is 32.2. The van der Waals surface area contributed by atoms with Crippen LogP contribution in [0, 0.1) is 0 Å². The van der Waals surface area contributed by atoms with Crippen molar-refractivity contribution >= 4 is 21.6 Å². The summed E-state index contributed by atoms with van der Waals surface area (Å²) in [5.41, 5.74) is 1.22. The number of likely N-dealkylation sites (tertiary alicyclic amines) is 1. The van der Waals surface area contributed by atoms with E-state index in [0.29, 0.717) is 13.0 Å². The number of nitrogens with zero attached hydrogens (tertiary/aromatic N) is 3. The zero-order valence-corrected chi connectivity index (χ0v) is 17.7. The minimum atomic E-state index is -3.18. The van der Waals surface area contributed by atoms with Crippen molar-refractivity contribution in [2.45, 2.75) is 37.8 Å². The van der Waals surface area contributed by atoms with E-state index in [9.17, 15) is 13.2 Å². The normalized spacial score (nSPS) is 24.4. The number of carbonyl (C=O) groups is 1. The van der Waals surface area contributed by atoms with Gasteiger partial charge in [0.2, 0.25) is 15.9 Å². The first-order valence-electron chi connectivity index (χ1n) is 10.1. The Morgan fingerprint density at radius 2 is 1.79 bits per heavy atom. The van der Waals surface area contributed by atoms with E-state index in [-0.39, 0.29) is 18.0 Å². The summed E-state index contributed by atoms with van der Waals surface area (Å²) in [6.45, 7) is 3.80. The Labute approximate surface area is 168 Å². The average molecular weight is 409 g/mol. The number of hydrogen-bond acceptors (Lipinski definition) is 5. The van der Waals surface area contributed by atoms with Gasteiger partial charge in [0.05, 0.1) is 6.26 Å². The number of para-hydroxylation sites is 1. The van der Waals surface area contributed by atoms with Crippen LogP contribution in [-0.2, 0) is 14.8 Å². The Morgan fingerprint density at radius 1 is 1.07 bits per heavy atom. The molecule has 8 heteroatoms. The second-order valence-electron chi connectivity index (χ2n) is 7.93. The van der Waals surface area contributed by atoms with Crippen LogP contribution >= 0.6 is 0 Å². The second-order valence-corrected chi connectivity index (χ2v) is 9.77. The maximum absolute atomic E-state index is 12.9. The van der Waals surface area contributed by atoms with Crippen molar-refractivity contribution in [3.05, 3.63) is 30.3 Å². The molecule has 7 nitrogen and oxygen atoms in total. The van der Waals surface area contributed by atoms with Gasteiger partial charge in [-0.05, 0) is 38.4 Å². The van der Waals surface area contributed by atoms with Gasteiger partial charge in [-0.1, -0.05) is 18.2 Å². The molecule has 2 atom stereocenters. The highest BCUT2D eigenvalue weighted by molar-refractivity contribution is 7.88. The highest BCUT2D eigenvalue weighted by Gasteiger charge is 2.33. The predicted molar refractivity (Wildman–Crippen MR) is 112 cm³/mol. The minimum absolute atomic E-state index is 0.158. The minimum Gasteiger partial charge on any atom is -0.370 e. The van der Waals surface area contributed by atoms with Gasteiger partial charge in [-0.15, -0.1) is 0 Å². The Hall–Kier alpha value is -1.64. The molecule has 0 bridgehead atoms. The van der Waals surface area contributed by atoms with Gasteiger partial charge in [-0.25, -0.2) is 13.1 Å². The summed E-state index contributed by atoms with van der Waals surface area (Å²) in [7, 11) is -1.18. The summed E-state index contributed by atoms with van der Waals surface area (Å²) in [5.74, 6) is 0.212. The lowest BCUT2D eigenvalue weighted by atomic mass is 10.1. The van der Waals surface area contributed by atoms with Gasteiger partial charge in [-0.2, -0.15) is 0 Å². The quantitative estimate of drug-likeness (QED) is 0.764. The van der Waals surface area contributed by atoms with E-state index in [1.54, 1.807) is 0 Å². The van der Waals surface area contributed by atoms with Crippen molar-refractivity contribution in [3.63, 3.8) is 0 Å². The van der Waals surface area contributed by atoms with Crippen LogP contribution in [0.3, 0.4) is 0 Å². The van der Waals surface area contributed by atoms with E-state index in [4.69, 9.17) is 0 Å². The molecule has 0 aromatic heterocycles. The van der Waals surface area contributed by atoms with Crippen LogP contribution in [0.15, 0.2) is 30.3 Å². The molecular formula is C20H32N4O3S. The molecule has 0 unspecified atom stereocenters. The molecule has 28 heavy (non-hydrogen) atoms. The van der Waals surface area contributed by atoms with E-state index in [0.717, 1.165) is 45.4 Å². The number of benzene rings is 1. The summed E-state index contributed by atoms with van der Waals surface area (Å²) in [4.78, 5) is 19.4. The summed E-state index contributed by atoms with van der Waals surface area (Å²) < 4.78 is 25.2. The maximum atomic E-state index is 12.9. The fraction of sp³-hybridized carbons (Fsp3) is 0.650. The van der Waals surface area contributed by atoms with Crippen LogP contribution in [0.4, 0.5) is 5.69 Å². The zero-order valence-electron chi connectivity index (χ0n) is 16.9. The zero-order chi connectivity index (χ0) is 20.1. The number of rotatable bonds is 6. The van der Waals surface area contributed by atoms with Gasteiger partial charge in [-0.3, -0.25) is 9.69 Å². The molecule has 0 aliphatic carbocycles. The third kappa shape index (κ3) is 5.68. The lowest BCUT2D eigenvalue weighted by Gasteiger charge is -2.28. The molecule has 2 fully saturated rings. The van der Waals surface area contributed by atoms with Crippen molar-refractivity contribution in [1.82, 2.24) is 14.5 Å². The van der Waals surface area contributed by atoms with Crippen molar-refractivity contribution < 1.29 is 13.2 Å². The number of hydrogen-bond donors (Lipinski definition) is 1. The monoisotopic (exact) mass is 408 g/mol. The van der Waals surface area contributed by atoms with Crippen LogP contribution in [-0.4, -0.2) is 82.2 Å². The Bertz CT molecular complexity index is 756. The molecule has 2 saturated heterocycles. The number of likely N-dealkylation sites (N-methyl/N-ethyl adjacent to an activating group) is 1. The van der Waals surface area contributed by atoms with Crippen LogP contribution < -0.4 is 9.62 Å². The standard InChI is InChI=1S/C20H32N4O3S/c1-22-18(9-10-19(22)16-21-28(2,26)27)15-20(25)24-12-6-11-23(13-14-24)17-7-4-3-5-8-17/h3-5,7-8,18-19,21H,6,9-16H2,1-2H3/t18-,19+/m1/s1. The van der Waals surface area contributed by atoms with Crippen LogP contribution in [0.5, 0.6) is 0 Å². The molecule has 1 aromatic rings. The van der Waals surface area contributed by atoms with Gasteiger partial charge in [0.15, 0.2) is 0 Å². The summed E-state index contributed by atoms with van der Waals surface area (Å²) in [6, 6.07) is 10.7. The van der Waals surface area contributed by atoms with Gasteiger partial charge < -0.3 is 9.80 Å². The molecule has 156 valence electrons. The van der Waals surface area contributed by atoms with Crippen LogP contribution in [0.2, 0.25) is 0 Å². The Kier molecular flexibility index (Phi) is 6.95. The number of carbonyl (C=O) groups excluding carboxylic acids is 1. The predicted octanol–water partition coefficient (Wildman–Crippen LogP) is 1.13. The summed E-state index contributed by atoms with van der Waals surface area (Å²) in [5, 5.41) is 0. The summed E-state index contributed by atoms with van der Waals surface area (Å²) >= 11 is 0. The average Bonchev–Trinajstić information content (AvgIpc) is 2.86. The third-order valence-electron chi connectivity index (χ3n) is 5.95. The maximum Gasteiger partial charge on any atom is 0.224 e. The molecule has 0 spiro atoms. The number of amides is 1. The van der Waals surface area contributed by atoms with Crippen LogP contribution in [0.25, 0.3) is 0 Å². The van der Waals surface area contributed by atoms with Gasteiger partial charge in [0, 0.05) is 56.9 Å². The molecule has 1 amide bonds. The number of nitrogens with one attached hydrogen (secondary N) is 1. The first-order chi connectivity index (χ1) is 13.3. The van der Waals surface area contributed by atoms with Crippen molar-refractivity contribution in [3.8, 4) is 0 Å². The number of anilines is 1. The van der Waals surface area contributed by atoms with Crippen LogP contribution in [0.1, 0.15) is 25.7 Å². The van der Waals surface area contributed by atoms with Gasteiger partial charge in [0.1, 0.15) is 0 Å². The van der Waals surface area contributed by atoms with E-state index in [2.05, 4.69) is 26.7 Å².